The van der Waals surface area contributed by atoms with E-state index in [0.29, 0.717) is 15.6 Å². The Balaban J connectivity index is 2.46. The summed E-state index contributed by atoms with van der Waals surface area (Å²) in [5.74, 6) is -1.71. The lowest BCUT2D eigenvalue weighted by molar-refractivity contribution is -0.140. The van der Waals surface area contributed by atoms with Gasteiger partial charge in [-0.2, -0.15) is 0 Å². The SMILES string of the molecule is CCC(C(=O)NC)N(Cc1ccc(Cl)cc1Cl)C(=O)CN(c1cccc(F)c1)S(C)(=O)=O. The average molecular weight is 504 g/mol. The minimum Gasteiger partial charge on any atom is -0.357 e. The molecular weight excluding hydrogens is 480 g/mol. The first-order valence-corrected chi connectivity index (χ1v) is 12.3. The number of rotatable bonds is 9. The van der Waals surface area contributed by atoms with E-state index in [0.717, 1.165) is 16.6 Å². The molecule has 0 aromatic heterocycles. The lowest BCUT2D eigenvalue weighted by Crippen LogP contribution is -2.51. The fraction of sp³-hybridized carbons (Fsp3) is 0.333. The summed E-state index contributed by atoms with van der Waals surface area (Å²) in [7, 11) is -2.49. The molecule has 0 heterocycles. The highest BCUT2D eigenvalue weighted by atomic mass is 35.5. The van der Waals surface area contributed by atoms with Crippen LogP contribution in [0.2, 0.25) is 10.0 Å². The molecule has 0 bridgehead atoms. The van der Waals surface area contributed by atoms with Crippen molar-refractivity contribution in [1.82, 2.24) is 10.2 Å². The molecule has 2 amide bonds. The van der Waals surface area contributed by atoms with Gasteiger partial charge in [-0.3, -0.25) is 13.9 Å². The monoisotopic (exact) mass is 503 g/mol. The molecule has 0 aliphatic carbocycles. The molecule has 0 spiro atoms. The zero-order valence-electron chi connectivity index (χ0n) is 17.8. The van der Waals surface area contributed by atoms with Gasteiger partial charge < -0.3 is 10.2 Å². The first-order valence-electron chi connectivity index (χ1n) is 9.66. The Labute approximate surface area is 197 Å². The summed E-state index contributed by atoms with van der Waals surface area (Å²) in [5, 5.41) is 3.22. The van der Waals surface area contributed by atoms with E-state index < -0.39 is 40.2 Å². The molecule has 2 rings (SSSR count). The highest BCUT2D eigenvalue weighted by Gasteiger charge is 2.31. The van der Waals surface area contributed by atoms with E-state index in [9.17, 15) is 22.4 Å². The molecule has 0 saturated carbocycles. The fourth-order valence-corrected chi connectivity index (χ4v) is 4.47. The number of nitrogens with one attached hydrogen (secondary N) is 1. The minimum absolute atomic E-state index is 0.00156. The number of hydrogen-bond acceptors (Lipinski definition) is 4. The topological polar surface area (TPSA) is 86.8 Å². The van der Waals surface area contributed by atoms with E-state index in [1.54, 1.807) is 19.1 Å². The fourth-order valence-electron chi connectivity index (χ4n) is 3.16. The van der Waals surface area contributed by atoms with E-state index in [1.165, 1.54) is 36.2 Å². The highest BCUT2D eigenvalue weighted by molar-refractivity contribution is 7.92. The predicted octanol–water partition coefficient (Wildman–Crippen LogP) is 3.45. The third-order valence-electron chi connectivity index (χ3n) is 4.76. The third kappa shape index (κ3) is 6.57. The standard InChI is InChI=1S/C21H24Cl2FN3O4S/c1-4-19(21(29)25-2)26(12-14-8-9-15(22)10-18(14)23)20(28)13-27(32(3,30)31)17-7-5-6-16(24)11-17/h5-11,19H,4,12-13H2,1-3H3,(H,25,29). The smallest absolute Gasteiger partial charge is 0.244 e. The van der Waals surface area contributed by atoms with Gasteiger partial charge in [0.05, 0.1) is 11.9 Å². The van der Waals surface area contributed by atoms with Crippen LogP contribution in [0.15, 0.2) is 42.5 Å². The maximum absolute atomic E-state index is 13.7. The summed E-state index contributed by atoms with van der Waals surface area (Å²) in [4.78, 5) is 27.1. The summed E-state index contributed by atoms with van der Waals surface area (Å²) >= 11 is 12.2. The number of hydrogen-bond donors (Lipinski definition) is 1. The first-order chi connectivity index (χ1) is 15.0. The largest absolute Gasteiger partial charge is 0.357 e. The average Bonchev–Trinajstić information content (AvgIpc) is 2.72. The van der Waals surface area contributed by atoms with E-state index in [1.807, 2.05) is 0 Å². The molecule has 0 fully saturated rings. The molecule has 0 aliphatic heterocycles. The Hall–Kier alpha value is -2.36. The van der Waals surface area contributed by atoms with Crippen LogP contribution in [0.1, 0.15) is 18.9 Å². The molecule has 2 aromatic carbocycles. The van der Waals surface area contributed by atoms with Gasteiger partial charge in [0.15, 0.2) is 0 Å². The second-order valence-electron chi connectivity index (χ2n) is 7.05. The molecule has 7 nitrogen and oxygen atoms in total. The summed E-state index contributed by atoms with van der Waals surface area (Å²) in [6, 6.07) is 8.77. The van der Waals surface area contributed by atoms with Crippen molar-refractivity contribution in [3.63, 3.8) is 0 Å². The van der Waals surface area contributed by atoms with Gasteiger partial charge in [0.25, 0.3) is 0 Å². The lowest BCUT2D eigenvalue weighted by Gasteiger charge is -2.32. The molecule has 2 aromatic rings. The van der Waals surface area contributed by atoms with Gasteiger partial charge in [0.1, 0.15) is 18.4 Å². The Kier molecular flexibility index (Phi) is 8.89. The zero-order chi connectivity index (χ0) is 24.1. The van der Waals surface area contributed by atoms with Crippen molar-refractivity contribution in [2.45, 2.75) is 25.9 Å². The van der Waals surface area contributed by atoms with Crippen molar-refractivity contribution in [2.75, 3.05) is 24.2 Å². The molecule has 1 atom stereocenters. The number of benzene rings is 2. The Morgan fingerprint density at radius 2 is 1.84 bits per heavy atom. The summed E-state index contributed by atoms with van der Waals surface area (Å²) < 4.78 is 39.3. The molecule has 1 unspecified atom stereocenters. The number of nitrogens with zero attached hydrogens (tertiary/aromatic N) is 2. The van der Waals surface area contributed by atoms with Crippen molar-refractivity contribution in [3.8, 4) is 0 Å². The second-order valence-corrected chi connectivity index (χ2v) is 9.80. The number of amides is 2. The van der Waals surface area contributed by atoms with Crippen molar-refractivity contribution < 1.29 is 22.4 Å². The van der Waals surface area contributed by atoms with Gasteiger partial charge in [-0.05, 0) is 42.3 Å². The van der Waals surface area contributed by atoms with Crippen LogP contribution in [0.3, 0.4) is 0 Å². The van der Waals surface area contributed by atoms with Crippen molar-refractivity contribution in [2.24, 2.45) is 0 Å². The Bertz CT molecular complexity index is 1100. The van der Waals surface area contributed by atoms with E-state index in [2.05, 4.69) is 5.32 Å². The number of sulfonamides is 1. The molecule has 0 saturated heterocycles. The third-order valence-corrected chi connectivity index (χ3v) is 6.49. The molecule has 174 valence electrons. The van der Waals surface area contributed by atoms with Gasteiger partial charge >= 0.3 is 0 Å². The van der Waals surface area contributed by atoms with E-state index in [-0.39, 0.29) is 18.7 Å². The van der Waals surface area contributed by atoms with Crippen LogP contribution in [-0.2, 0) is 26.2 Å². The van der Waals surface area contributed by atoms with Gasteiger partial charge in [-0.25, -0.2) is 12.8 Å². The maximum Gasteiger partial charge on any atom is 0.244 e. The number of carbonyl (C=O) groups excluding carboxylic acids is 2. The number of anilines is 1. The predicted molar refractivity (Wildman–Crippen MR) is 124 cm³/mol. The first kappa shape index (κ1) is 25.9. The van der Waals surface area contributed by atoms with Crippen molar-refractivity contribution in [1.29, 1.82) is 0 Å². The van der Waals surface area contributed by atoms with Crippen LogP contribution >= 0.6 is 23.2 Å². The summed E-state index contributed by atoms with van der Waals surface area (Å²) in [6.07, 6.45) is 1.19. The van der Waals surface area contributed by atoms with Crippen LogP contribution in [-0.4, -0.2) is 51.0 Å². The van der Waals surface area contributed by atoms with Gasteiger partial charge in [0.2, 0.25) is 21.8 Å². The molecule has 11 heteroatoms. The van der Waals surface area contributed by atoms with Gasteiger partial charge in [-0.1, -0.05) is 42.3 Å². The Morgan fingerprint density at radius 1 is 1.16 bits per heavy atom. The summed E-state index contributed by atoms with van der Waals surface area (Å²) in [5.41, 5.74) is 0.529. The zero-order valence-corrected chi connectivity index (χ0v) is 20.1. The van der Waals surface area contributed by atoms with Crippen LogP contribution in [0.5, 0.6) is 0 Å². The molecule has 1 N–H and O–H groups in total. The van der Waals surface area contributed by atoms with E-state index >= 15 is 0 Å². The number of carbonyl (C=O) groups is 2. The highest BCUT2D eigenvalue weighted by Crippen LogP contribution is 2.25. The quantitative estimate of drug-likeness (QED) is 0.567. The second kappa shape index (κ2) is 11.0. The van der Waals surface area contributed by atoms with Crippen molar-refractivity contribution >= 4 is 50.7 Å². The van der Waals surface area contributed by atoms with E-state index in [4.69, 9.17) is 23.2 Å². The van der Waals surface area contributed by atoms with Crippen LogP contribution in [0.4, 0.5) is 10.1 Å². The van der Waals surface area contributed by atoms with Crippen LogP contribution in [0.25, 0.3) is 0 Å². The minimum atomic E-state index is -3.93. The number of likely N-dealkylation sites (N-methyl/N-ethyl adjacent to an activating group) is 1. The lowest BCUT2D eigenvalue weighted by atomic mass is 10.1. The maximum atomic E-state index is 13.7. The van der Waals surface area contributed by atoms with Gasteiger partial charge in [-0.15, -0.1) is 0 Å². The molecule has 0 radical (unpaired) electrons. The van der Waals surface area contributed by atoms with Crippen LogP contribution in [0, 0.1) is 5.82 Å². The normalized spacial score (nSPS) is 12.2. The van der Waals surface area contributed by atoms with Crippen molar-refractivity contribution in [3.05, 3.63) is 63.9 Å². The molecular formula is C21H24Cl2FN3O4S. The van der Waals surface area contributed by atoms with Gasteiger partial charge in [0, 0.05) is 23.6 Å². The Morgan fingerprint density at radius 3 is 2.38 bits per heavy atom. The van der Waals surface area contributed by atoms with Crippen LogP contribution < -0.4 is 9.62 Å². The molecule has 0 aliphatic rings. The summed E-state index contributed by atoms with van der Waals surface area (Å²) in [6.45, 7) is 1.05. The number of halogens is 3. The molecule has 32 heavy (non-hydrogen) atoms.